The van der Waals surface area contributed by atoms with Gasteiger partial charge in [-0.25, -0.2) is 8.42 Å². The van der Waals surface area contributed by atoms with Gasteiger partial charge in [0.25, 0.3) is 0 Å². The van der Waals surface area contributed by atoms with E-state index in [0.717, 1.165) is 22.7 Å². The third-order valence-corrected chi connectivity index (χ3v) is 5.24. The third-order valence-electron chi connectivity index (χ3n) is 4.06. The number of amides is 1. The van der Waals surface area contributed by atoms with Crippen molar-refractivity contribution in [1.29, 1.82) is 0 Å². The number of carbonyl (C=O) groups is 1. The van der Waals surface area contributed by atoms with Crippen molar-refractivity contribution < 1.29 is 26.4 Å². The minimum Gasteiger partial charge on any atom is -0.350 e. The van der Waals surface area contributed by atoms with Gasteiger partial charge < -0.3 is 5.32 Å². The van der Waals surface area contributed by atoms with E-state index >= 15 is 0 Å². The van der Waals surface area contributed by atoms with Crippen LogP contribution in [-0.4, -0.2) is 26.6 Å². The molecule has 0 unspecified atom stereocenters. The topological polar surface area (TPSA) is 66.5 Å². The SMILES string of the molecule is CC[C@@H](C(=O)NCc1cccc(C(F)(F)F)c1)N(c1ccccc1)S(C)(=O)=O. The van der Waals surface area contributed by atoms with Crippen LogP contribution in [0.15, 0.2) is 54.6 Å². The number of anilines is 1. The molecule has 5 nitrogen and oxygen atoms in total. The summed E-state index contributed by atoms with van der Waals surface area (Å²) in [6.07, 6.45) is -3.29. The van der Waals surface area contributed by atoms with Crippen LogP contribution in [0.1, 0.15) is 24.5 Å². The molecule has 0 aliphatic carbocycles. The summed E-state index contributed by atoms with van der Waals surface area (Å²) in [7, 11) is -3.76. The maximum atomic E-state index is 12.8. The molecule has 0 spiro atoms. The number of sulfonamides is 1. The normalized spacial score (nSPS) is 13.0. The van der Waals surface area contributed by atoms with E-state index in [1.807, 2.05) is 0 Å². The second-order valence-electron chi connectivity index (χ2n) is 6.23. The Balaban J connectivity index is 2.21. The van der Waals surface area contributed by atoms with Gasteiger partial charge in [0.05, 0.1) is 17.5 Å². The molecule has 28 heavy (non-hydrogen) atoms. The van der Waals surface area contributed by atoms with Gasteiger partial charge in [-0.3, -0.25) is 9.10 Å². The summed E-state index contributed by atoms with van der Waals surface area (Å²) in [6.45, 7) is 1.52. The standard InChI is InChI=1S/C19H21F3N2O3S/c1-3-17(24(28(2,26)27)16-10-5-4-6-11-16)18(25)23-13-14-8-7-9-15(12-14)19(20,21)22/h4-12,17H,3,13H2,1-2H3,(H,23,25)/t17-/m0/s1. The molecule has 9 heteroatoms. The molecule has 1 atom stereocenters. The minimum absolute atomic E-state index is 0.147. The average Bonchev–Trinajstić information content (AvgIpc) is 2.63. The number of alkyl halides is 3. The Morgan fingerprint density at radius 2 is 1.75 bits per heavy atom. The predicted octanol–water partition coefficient (Wildman–Crippen LogP) is 3.57. The molecule has 0 fully saturated rings. The molecule has 0 aliphatic heterocycles. The minimum atomic E-state index is -4.48. The summed E-state index contributed by atoms with van der Waals surface area (Å²) in [5, 5.41) is 2.54. The zero-order valence-electron chi connectivity index (χ0n) is 15.4. The number of para-hydroxylation sites is 1. The fourth-order valence-electron chi connectivity index (χ4n) is 2.80. The van der Waals surface area contributed by atoms with Gasteiger partial charge >= 0.3 is 6.18 Å². The van der Waals surface area contributed by atoms with Crippen LogP contribution < -0.4 is 9.62 Å². The molecule has 0 aromatic heterocycles. The maximum absolute atomic E-state index is 12.8. The summed E-state index contributed by atoms with van der Waals surface area (Å²) in [5.41, 5.74) is -0.206. The van der Waals surface area contributed by atoms with Gasteiger partial charge in [-0.2, -0.15) is 13.2 Å². The number of carbonyl (C=O) groups excluding carboxylic acids is 1. The molecule has 0 bridgehead atoms. The smallest absolute Gasteiger partial charge is 0.350 e. The van der Waals surface area contributed by atoms with E-state index in [1.165, 1.54) is 12.1 Å². The fraction of sp³-hybridized carbons (Fsp3) is 0.316. The third kappa shape index (κ3) is 5.48. The number of benzene rings is 2. The van der Waals surface area contributed by atoms with Crippen molar-refractivity contribution in [2.75, 3.05) is 10.6 Å². The molecule has 1 N–H and O–H groups in total. The number of halogens is 3. The van der Waals surface area contributed by atoms with Crippen molar-refractivity contribution in [3.63, 3.8) is 0 Å². The number of hydrogen-bond acceptors (Lipinski definition) is 3. The fourth-order valence-corrected chi connectivity index (χ4v) is 4.01. The Bertz CT molecular complexity index is 916. The Hall–Kier alpha value is -2.55. The lowest BCUT2D eigenvalue weighted by molar-refractivity contribution is -0.137. The van der Waals surface area contributed by atoms with Gasteiger partial charge in [0.15, 0.2) is 0 Å². The first-order chi connectivity index (χ1) is 13.0. The lowest BCUT2D eigenvalue weighted by Crippen LogP contribution is -2.49. The van der Waals surface area contributed by atoms with Crippen molar-refractivity contribution in [3.8, 4) is 0 Å². The van der Waals surface area contributed by atoms with Crippen LogP contribution in [0, 0.1) is 0 Å². The van der Waals surface area contributed by atoms with Crippen LogP contribution in [0.3, 0.4) is 0 Å². The van der Waals surface area contributed by atoms with E-state index in [0.29, 0.717) is 5.69 Å². The van der Waals surface area contributed by atoms with Crippen molar-refractivity contribution >= 4 is 21.6 Å². The van der Waals surface area contributed by atoms with Gasteiger partial charge in [0, 0.05) is 6.54 Å². The molecule has 0 heterocycles. The van der Waals surface area contributed by atoms with Crippen molar-refractivity contribution in [2.24, 2.45) is 0 Å². The average molecular weight is 414 g/mol. The maximum Gasteiger partial charge on any atom is 0.416 e. The van der Waals surface area contributed by atoms with Gasteiger partial charge in [0.2, 0.25) is 15.9 Å². The number of nitrogens with one attached hydrogen (secondary N) is 1. The molecule has 152 valence electrons. The van der Waals surface area contributed by atoms with Crippen molar-refractivity contribution in [1.82, 2.24) is 5.32 Å². The molecule has 2 aromatic rings. The van der Waals surface area contributed by atoms with E-state index in [1.54, 1.807) is 37.3 Å². The predicted molar refractivity (Wildman–Crippen MR) is 101 cm³/mol. The largest absolute Gasteiger partial charge is 0.416 e. The van der Waals surface area contributed by atoms with E-state index in [2.05, 4.69) is 5.32 Å². The molecule has 1 amide bonds. The van der Waals surface area contributed by atoms with Gasteiger partial charge in [0.1, 0.15) is 6.04 Å². The Kier molecular flexibility index (Phi) is 6.71. The van der Waals surface area contributed by atoms with E-state index in [4.69, 9.17) is 0 Å². The molecule has 0 radical (unpaired) electrons. The van der Waals surface area contributed by atoms with Gasteiger partial charge in [-0.05, 0) is 36.2 Å². The van der Waals surface area contributed by atoms with E-state index in [-0.39, 0.29) is 18.5 Å². The second-order valence-corrected chi connectivity index (χ2v) is 8.09. The molecule has 0 aliphatic rings. The van der Waals surface area contributed by atoms with Crippen LogP contribution in [0.2, 0.25) is 0 Å². The first-order valence-electron chi connectivity index (χ1n) is 8.52. The number of rotatable bonds is 7. The summed E-state index contributed by atoms with van der Waals surface area (Å²) < 4.78 is 64.0. The highest BCUT2D eigenvalue weighted by atomic mass is 32.2. The molecule has 2 aromatic carbocycles. The molecular formula is C19H21F3N2O3S. The van der Waals surface area contributed by atoms with E-state index in [9.17, 15) is 26.4 Å². The summed E-state index contributed by atoms with van der Waals surface area (Å²) in [5.74, 6) is -0.589. The van der Waals surface area contributed by atoms with Gasteiger partial charge in [-0.1, -0.05) is 37.3 Å². The van der Waals surface area contributed by atoms with Crippen LogP contribution >= 0.6 is 0 Å². The highest BCUT2D eigenvalue weighted by Crippen LogP contribution is 2.29. The van der Waals surface area contributed by atoms with Crippen LogP contribution in [0.4, 0.5) is 18.9 Å². The first kappa shape index (κ1) is 21.7. The summed E-state index contributed by atoms with van der Waals surface area (Å²) in [4.78, 5) is 12.7. The van der Waals surface area contributed by atoms with Crippen LogP contribution in [0.5, 0.6) is 0 Å². The highest BCUT2D eigenvalue weighted by Gasteiger charge is 2.32. The van der Waals surface area contributed by atoms with Crippen LogP contribution in [-0.2, 0) is 27.5 Å². The zero-order chi connectivity index (χ0) is 20.9. The quantitative estimate of drug-likeness (QED) is 0.753. The Morgan fingerprint density at radius 1 is 1.11 bits per heavy atom. The molecule has 0 saturated carbocycles. The number of hydrogen-bond donors (Lipinski definition) is 1. The molecule has 0 saturated heterocycles. The molecule has 2 rings (SSSR count). The molecular weight excluding hydrogens is 393 g/mol. The zero-order valence-corrected chi connectivity index (χ0v) is 16.2. The van der Waals surface area contributed by atoms with Gasteiger partial charge in [-0.15, -0.1) is 0 Å². The summed E-state index contributed by atoms with van der Waals surface area (Å²) in [6, 6.07) is 11.8. The second kappa shape index (κ2) is 8.64. The highest BCUT2D eigenvalue weighted by molar-refractivity contribution is 7.92. The van der Waals surface area contributed by atoms with E-state index < -0.39 is 33.7 Å². The Labute approximate surface area is 162 Å². The Morgan fingerprint density at radius 3 is 2.29 bits per heavy atom. The van der Waals surface area contributed by atoms with Crippen molar-refractivity contribution in [3.05, 3.63) is 65.7 Å². The first-order valence-corrected chi connectivity index (χ1v) is 10.4. The van der Waals surface area contributed by atoms with Crippen molar-refractivity contribution in [2.45, 2.75) is 32.1 Å². The lowest BCUT2D eigenvalue weighted by Gasteiger charge is -2.30. The lowest BCUT2D eigenvalue weighted by atomic mass is 10.1. The van der Waals surface area contributed by atoms with Crippen LogP contribution in [0.25, 0.3) is 0 Å². The monoisotopic (exact) mass is 414 g/mol. The summed E-state index contributed by atoms with van der Waals surface area (Å²) >= 11 is 0. The number of nitrogens with zero attached hydrogens (tertiary/aromatic N) is 1.